The van der Waals surface area contributed by atoms with Crippen molar-refractivity contribution in [3.8, 4) is 0 Å². The number of halogens is 2. The Morgan fingerprint density at radius 1 is 1.00 bits per heavy atom. The lowest BCUT2D eigenvalue weighted by molar-refractivity contribution is -0.195. The Morgan fingerprint density at radius 2 is 1.67 bits per heavy atom. The zero-order valence-electron chi connectivity index (χ0n) is 30.2. The second-order valence-corrected chi connectivity index (χ2v) is 18.6. The Hall–Kier alpha value is -2.10. The lowest BCUT2D eigenvalue weighted by Crippen LogP contribution is -2.60. The molecule has 3 unspecified atom stereocenters. The minimum absolute atomic E-state index is 0.00852. The Morgan fingerprint density at radius 3 is 2.33 bits per heavy atom. The maximum absolute atomic E-state index is 14.0. The number of carbonyl (C=O) groups is 2. The van der Waals surface area contributed by atoms with Crippen LogP contribution in [0.3, 0.4) is 0 Å². The second-order valence-electron chi connectivity index (χ2n) is 18.6. The summed E-state index contributed by atoms with van der Waals surface area (Å²) in [7, 11) is 0. The lowest BCUT2D eigenvalue weighted by atomic mass is 9.41. The summed E-state index contributed by atoms with van der Waals surface area (Å²) in [4.78, 5) is 27.3. The molecular weight excluding hydrogens is 626 g/mol. The highest BCUT2D eigenvalue weighted by Gasteiger charge is 2.84. The van der Waals surface area contributed by atoms with Crippen LogP contribution in [0.15, 0.2) is 18.2 Å². The van der Waals surface area contributed by atoms with Crippen LogP contribution in [0.2, 0.25) is 0 Å². The lowest BCUT2D eigenvalue weighted by Gasteiger charge is -2.63. The largest absolute Gasteiger partial charge is 0.462 e. The molecule has 12 atom stereocenters. The molecule has 5 aliphatic carbocycles. The van der Waals surface area contributed by atoms with Gasteiger partial charge in [0.1, 0.15) is 17.7 Å². The molecule has 1 aromatic carbocycles. The molecule has 1 amide bonds. The van der Waals surface area contributed by atoms with Crippen molar-refractivity contribution in [1.82, 2.24) is 10.2 Å². The SMILES string of the molecule is CC(=O)N(Cc1cc(F)cc(F)c1)CC1C[C@@H](C)[C@H]2C(O1)[C@H](O)[C@@]1(C)C3CC[C@H]4C(C)(C)[C@@H](OC(=O)C5CNC5)CC[C@@]45C[C@@]35CC[C@]21C. The first-order valence-electron chi connectivity index (χ1n) is 19.0. The van der Waals surface area contributed by atoms with Gasteiger partial charge in [-0.2, -0.15) is 0 Å². The fraction of sp³-hybridized carbons (Fsp3) is 0.800. The van der Waals surface area contributed by atoms with Crippen molar-refractivity contribution < 1.29 is 33.0 Å². The number of nitrogens with zero attached hydrogens (tertiary/aromatic N) is 1. The third-order valence-electron chi connectivity index (χ3n) is 16.4. The van der Waals surface area contributed by atoms with Crippen molar-refractivity contribution in [2.45, 2.75) is 124 Å². The summed E-state index contributed by atoms with van der Waals surface area (Å²) >= 11 is 0. The molecule has 2 saturated heterocycles. The van der Waals surface area contributed by atoms with Crippen molar-refractivity contribution in [2.24, 2.45) is 56.7 Å². The number of hydrogen-bond donors (Lipinski definition) is 2. The molecule has 2 spiro atoms. The van der Waals surface area contributed by atoms with Crippen molar-refractivity contribution in [3.05, 3.63) is 35.4 Å². The zero-order chi connectivity index (χ0) is 34.9. The molecular formula is C40H56F2N2O5. The number of amides is 1. The van der Waals surface area contributed by atoms with Gasteiger partial charge in [-0.3, -0.25) is 9.59 Å². The Bertz CT molecular complexity index is 1510. The van der Waals surface area contributed by atoms with E-state index >= 15 is 0 Å². The summed E-state index contributed by atoms with van der Waals surface area (Å²) in [5.74, 6) is -0.133. The van der Waals surface area contributed by atoms with Gasteiger partial charge in [0, 0.05) is 50.0 Å². The molecule has 7 aliphatic rings. The van der Waals surface area contributed by atoms with E-state index in [4.69, 9.17) is 9.47 Å². The third-order valence-corrected chi connectivity index (χ3v) is 16.4. The normalized spacial score (nSPS) is 46.2. The molecule has 9 heteroatoms. The predicted octanol–water partition coefficient (Wildman–Crippen LogP) is 6.26. The maximum Gasteiger partial charge on any atom is 0.311 e. The van der Waals surface area contributed by atoms with E-state index < -0.39 is 17.7 Å². The van der Waals surface area contributed by atoms with Gasteiger partial charge in [0.05, 0.1) is 24.2 Å². The number of aliphatic hydroxyl groups excluding tert-OH is 1. The number of fused-ring (bicyclic) bond motifs is 4. The van der Waals surface area contributed by atoms with Gasteiger partial charge in [-0.1, -0.05) is 34.6 Å². The fourth-order valence-electron chi connectivity index (χ4n) is 13.9. The van der Waals surface area contributed by atoms with Crippen molar-refractivity contribution in [3.63, 3.8) is 0 Å². The summed E-state index contributed by atoms with van der Waals surface area (Å²) in [5, 5.41) is 15.8. The van der Waals surface area contributed by atoms with Crippen LogP contribution in [0, 0.1) is 68.3 Å². The quantitative estimate of drug-likeness (QED) is 0.345. The second kappa shape index (κ2) is 11.2. The van der Waals surface area contributed by atoms with E-state index in [9.17, 15) is 23.5 Å². The number of carbonyl (C=O) groups excluding carboxylic acids is 2. The van der Waals surface area contributed by atoms with E-state index in [1.54, 1.807) is 4.90 Å². The van der Waals surface area contributed by atoms with E-state index in [1.165, 1.54) is 31.9 Å². The number of aliphatic hydroxyl groups is 1. The van der Waals surface area contributed by atoms with Crippen molar-refractivity contribution in [1.29, 1.82) is 0 Å². The summed E-state index contributed by atoms with van der Waals surface area (Å²) in [5.41, 5.74) is 0.387. The van der Waals surface area contributed by atoms with Crippen LogP contribution in [0.25, 0.3) is 0 Å². The number of benzene rings is 1. The molecule has 0 radical (unpaired) electrons. The molecule has 7 nitrogen and oxygen atoms in total. The van der Waals surface area contributed by atoms with Crippen LogP contribution < -0.4 is 5.32 Å². The van der Waals surface area contributed by atoms with Gasteiger partial charge in [-0.05, 0) is 109 Å². The van der Waals surface area contributed by atoms with E-state index in [2.05, 4.69) is 39.9 Å². The van der Waals surface area contributed by atoms with Crippen LogP contribution in [-0.4, -0.2) is 65.9 Å². The van der Waals surface area contributed by atoms with E-state index in [0.29, 0.717) is 29.9 Å². The molecule has 7 fully saturated rings. The van der Waals surface area contributed by atoms with Crippen molar-refractivity contribution >= 4 is 11.9 Å². The molecule has 2 heterocycles. The summed E-state index contributed by atoms with van der Waals surface area (Å²) in [6.07, 6.45) is 7.18. The number of rotatable bonds is 6. The smallest absolute Gasteiger partial charge is 0.311 e. The van der Waals surface area contributed by atoms with Gasteiger partial charge in [0.25, 0.3) is 0 Å². The van der Waals surface area contributed by atoms with Gasteiger partial charge < -0.3 is 24.8 Å². The fourth-order valence-corrected chi connectivity index (χ4v) is 13.9. The summed E-state index contributed by atoms with van der Waals surface area (Å²) < 4.78 is 41.1. The third kappa shape index (κ3) is 4.65. The molecule has 270 valence electrons. The first-order valence-corrected chi connectivity index (χ1v) is 19.0. The highest BCUT2D eigenvalue weighted by atomic mass is 19.1. The van der Waals surface area contributed by atoms with Crippen molar-refractivity contribution in [2.75, 3.05) is 19.6 Å². The first-order chi connectivity index (χ1) is 23.1. The zero-order valence-corrected chi connectivity index (χ0v) is 30.2. The van der Waals surface area contributed by atoms with Crippen LogP contribution in [0.1, 0.15) is 98.5 Å². The molecule has 5 saturated carbocycles. The van der Waals surface area contributed by atoms with Crippen LogP contribution >= 0.6 is 0 Å². The highest BCUT2D eigenvalue weighted by Crippen LogP contribution is 2.89. The highest BCUT2D eigenvalue weighted by molar-refractivity contribution is 5.74. The molecule has 1 aromatic rings. The van der Waals surface area contributed by atoms with Crippen LogP contribution in [0.5, 0.6) is 0 Å². The minimum Gasteiger partial charge on any atom is -0.462 e. The molecule has 2 aliphatic heterocycles. The van der Waals surface area contributed by atoms with E-state index in [-0.39, 0.29) is 75.6 Å². The molecule has 49 heavy (non-hydrogen) atoms. The van der Waals surface area contributed by atoms with Crippen LogP contribution in [-0.2, 0) is 25.6 Å². The monoisotopic (exact) mass is 682 g/mol. The number of ether oxygens (including phenoxy) is 2. The summed E-state index contributed by atoms with van der Waals surface area (Å²) in [6.45, 7) is 15.2. The molecule has 0 bridgehead atoms. The number of hydrogen-bond acceptors (Lipinski definition) is 6. The average Bonchev–Trinajstić information content (AvgIpc) is 3.61. The molecule has 2 N–H and O–H groups in total. The van der Waals surface area contributed by atoms with Gasteiger partial charge in [0.15, 0.2) is 0 Å². The van der Waals surface area contributed by atoms with E-state index in [1.807, 2.05) is 0 Å². The molecule has 0 aromatic heterocycles. The Balaban J connectivity index is 1.02. The maximum atomic E-state index is 14.0. The average molecular weight is 683 g/mol. The number of esters is 1. The van der Waals surface area contributed by atoms with Gasteiger partial charge in [0.2, 0.25) is 5.91 Å². The van der Waals surface area contributed by atoms with E-state index in [0.717, 1.165) is 57.7 Å². The minimum atomic E-state index is -0.659. The first kappa shape index (κ1) is 34.0. The number of nitrogens with one attached hydrogen (secondary N) is 1. The predicted molar refractivity (Wildman–Crippen MR) is 180 cm³/mol. The standard InChI is InChI=1S/C40H56F2N2O5/c1-22-13-28(20-44(23(2)45)19-24-14-26(41)16-27(42)15-24)48-33-32(22)37(5)11-12-40-21-39(40)10-9-31(49-35(47)25-17-43-18-25)36(3,4)29(39)7-8-30(40)38(37,6)34(33)46/h14-16,22,25,28-34,43,46H,7-13,17-21H2,1-6H3/t22-,28?,29+,30?,31+,32+,33?,34+,37-,38-,39-,40+/m1/s1. The van der Waals surface area contributed by atoms with Gasteiger partial charge in [-0.15, -0.1) is 0 Å². The van der Waals surface area contributed by atoms with Crippen LogP contribution in [0.4, 0.5) is 8.78 Å². The molecule has 8 rings (SSSR count). The Labute approximate surface area is 290 Å². The summed E-state index contributed by atoms with van der Waals surface area (Å²) in [6, 6.07) is 3.39. The Kier molecular flexibility index (Phi) is 7.77. The van der Waals surface area contributed by atoms with Gasteiger partial charge >= 0.3 is 5.97 Å². The van der Waals surface area contributed by atoms with Gasteiger partial charge in [-0.25, -0.2) is 8.78 Å². The topological polar surface area (TPSA) is 88.1 Å².